The lowest BCUT2D eigenvalue weighted by Gasteiger charge is -2.04. The number of pyridine rings is 1. The van der Waals surface area contributed by atoms with Gasteiger partial charge >= 0.3 is 0 Å². The molecular formula is C10H10ClN5O. The molecule has 88 valence electrons. The molecular weight excluding hydrogens is 242 g/mol. The molecule has 0 fully saturated rings. The summed E-state index contributed by atoms with van der Waals surface area (Å²) >= 11 is 5.70. The van der Waals surface area contributed by atoms with Crippen molar-refractivity contribution in [2.75, 3.05) is 5.73 Å². The summed E-state index contributed by atoms with van der Waals surface area (Å²) < 4.78 is 0. The molecule has 0 radical (unpaired) electrons. The molecule has 17 heavy (non-hydrogen) atoms. The highest BCUT2D eigenvalue weighted by Gasteiger charge is 2.08. The molecule has 0 atom stereocenters. The number of aromatic nitrogens is 3. The zero-order valence-electron chi connectivity index (χ0n) is 8.77. The fourth-order valence-electron chi connectivity index (χ4n) is 1.31. The van der Waals surface area contributed by atoms with Crippen molar-refractivity contribution in [3.05, 3.63) is 41.1 Å². The monoisotopic (exact) mass is 251 g/mol. The molecule has 7 heteroatoms. The Balaban J connectivity index is 2.04. The Kier molecular flexibility index (Phi) is 3.24. The molecule has 0 unspecified atom stereocenters. The number of nitrogens with zero attached hydrogens (tertiary/aromatic N) is 2. The van der Waals surface area contributed by atoms with Crippen LogP contribution in [0.4, 0.5) is 5.82 Å². The van der Waals surface area contributed by atoms with E-state index in [1.165, 1.54) is 12.1 Å². The highest BCUT2D eigenvalue weighted by atomic mass is 35.5. The van der Waals surface area contributed by atoms with Gasteiger partial charge in [0.15, 0.2) is 0 Å². The van der Waals surface area contributed by atoms with Crippen LogP contribution in [-0.2, 0) is 6.54 Å². The molecule has 2 aromatic heterocycles. The number of rotatable bonds is 3. The van der Waals surface area contributed by atoms with Crippen molar-refractivity contribution < 1.29 is 4.79 Å². The number of anilines is 1. The van der Waals surface area contributed by atoms with Crippen LogP contribution in [0.1, 0.15) is 16.2 Å². The Hall–Kier alpha value is -2.08. The Bertz CT molecular complexity index is 505. The lowest BCUT2D eigenvalue weighted by molar-refractivity contribution is 0.0950. The van der Waals surface area contributed by atoms with E-state index < -0.39 is 0 Å². The minimum atomic E-state index is -0.280. The first-order chi connectivity index (χ1) is 8.15. The summed E-state index contributed by atoms with van der Waals surface area (Å²) in [4.78, 5) is 22.4. The molecule has 0 aromatic carbocycles. The van der Waals surface area contributed by atoms with Crippen LogP contribution in [0, 0.1) is 0 Å². The van der Waals surface area contributed by atoms with Crippen molar-refractivity contribution in [3.63, 3.8) is 0 Å². The second-order valence-corrected chi connectivity index (χ2v) is 3.71. The van der Waals surface area contributed by atoms with Gasteiger partial charge in [0.2, 0.25) is 0 Å². The van der Waals surface area contributed by atoms with Gasteiger partial charge in [-0.15, -0.1) is 0 Å². The molecule has 4 N–H and O–H groups in total. The van der Waals surface area contributed by atoms with Crippen LogP contribution in [0.25, 0.3) is 0 Å². The number of nitrogen functional groups attached to an aromatic ring is 1. The van der Waals surface area contributed by atoms with Crippen LogP contribution in [0.5, 0.6) is 0 Å². The lowest BCUT2D eigenvalue weighted by atomic mass is 10.2. The number of nitrogens with two attached hydrogens (primary N) is 1. The largest absolute Gasteiger partial charge is 0.384 e. The maximum atomic E-state index is 11.7. The standard InChI is InChI=1S/C10H10ClN5O/c11-7-3-6(4-8(12)16-7)10(17)15-5-9-13-1-2-14-9/h1-4H,5H2,(H2,12,16)(H,13,14)(H,15,17). The number of hydrogen-bond acceptors (Lipinski definition) is 4. The van der Waals surface area contributed by atoms with Gasteiger partial charge in [0.05, 0.1) is 6.54 Å². The Morgan fingerprint density at radius 1 is 1.53 bits per heavy atom. The number of nitrogens with one attached hydrogen (secondary N) is 2. The van der Waals surface area contributed by atoms with Crippen molar-refractivity contribution in [3.8, 4) is 0 Å². The first kappa shape index (κ1) is 11.4. The minimum absolute atomic E-state index is 0.188. The number of H-pyrrole nitrogens is 1. The highest BCUT2D eigenvalue weighted by Crippen LogP contribution is 2.11. The number of carbonyl (C=O) groups is 1. The van der Waals surface area contributed by atoms with Gasteiger partial charge in [0.1, 0.15) is 16.8 Å². The van der Waals surface area contributed by atoms with Gasteiger partial charge < -0.3 is 16.0 Å². The molecule has 0 bridgehead atoms. The summed E-state index contributed by atoms with van der Waals surface area (Å²) in [6.45, 7) is 0.311. The normalized spacial score (nSPS) is 10.2. The van der Waals surface area contributed by atoms with Gasteiger partial charge in [0, 0.05) is 18.0 Å². The van der Waals surface area contributed by atoms with E-state index in [0.717, 1.165) is 0 Å². The zero-order chi connectivity index (χ0) is 12.3. The number of imidazole rings is 1. The molecule has 0 saturated heterocycles. The van der Waals surface area contributed by atoms with Crippen LogP contribution in [0.3, 0.4) is 0 Å². The fraction of sp³-hybridized carbons (Fsp3) is 0.100. The van der Waals surface area contributed by atoms with Crippen molar-refractivity contribution in [2.24, 2.45) is 0 Å². The molecule has 2 heterocycles. The third-order valence-corrected chi connectivity index (χ3v) is 2.24. The summed E-state index contributed by atoms with van der Waals surface area (Å²) in [5.41, 5.74) is 5.86. The zero-order valence-corrected chi connectivity index (χ0v) is 9.53. The first-order valence-corrected chi connectivity index (χ1v) is 5.22. The second kappa shape index (κ2) is 4.84. The average Bonchev–Trinajstić information content (AvgIpc) is 2.77. The smallest absolute Gasteiger partial charge is 0.251 e. The number of carbonyl (C=O) groups excluding carboxylic acids is 1. The summed E-state index contributed by atoms with van der Waals surface area (Å²) in [6, 6.07) is 2.92. The SMILES string of the molecule is Nc1cc(C(=O)NCc2ncc[nH]2)cc(Cl)n1. The predicted octanol–water partition coefficient (Wildman–Crippen LogP) is 0.970. The molecule has 1 amide bonds. The van der Waals surface area contributed by atoms with Crippen LogP contribution in [-0.4, -0.2) is 20.9 Å². The van der Waals surface area contributed by atoms with Gasteiger partial charge in [-0.25, -0.2) is 9.97 Å². The molecule has 2 rings (SSSR count). The van der Waals surface area contributed by atoms with Gasteiger partial charge in [-0.2, -0.15) is 0 Å². The third kappa shape index (κ3) is 2.94. The predicted molar refractivity (Wildman–Crippen MR) is 63.4 cm³/mol. The van der Waals surface area contributed by atoms with Crippen LogP contribution < -0.4 is 11.1 Å². The van der Waals surface area contributed by atoms with E-state index in [0.29, 0.717) is 17.9 Å². The summed E-state index contributed by atoms with van der Waals surface area (Å²) in [7, 11) is 0. The van der Waals surface area contributed by atoms with Gasteiger partial charge in [-0.1, -0.05) is 11.6 Å². The van der Waals surface area contributed by atoms with E-state index in [9.17, 15) is 4.79 Å². The van der Waals surface area contributed by atoms with Crippen molar-refractivity contribution in [2.45, 2.75) is 6.54 Å². The van der Waals surface area contributed by atoms with Crippen LogP contribution >= 0.6 is 11.6 Å². The second-order valence-electron chi connectivity index (χ2n) is 3.32. The topological polar surface area (TPSA) is 96.7 Å². The fourth-order valence-corrected chi connectivity index (χ4v) is 1.52. The number of halogens is 1. The summed E-state index contributed by atoms with van der Waals surface area (Å²) in [6.07, 6.45) is 3.30. The Morgan fingerprint density at radius 3 is 3.00 bits per heavy atom. The quantitative estimate of drug-likeness (QED) is 0.708. The molecule has 0 aliphatic heterocycles. The van der Waals surface area contributed by atoms with E-state index in [2.05, 4.69) is 20.3 Å². The maximum absolute atomic E-state index is 11.7. The van der Waals surface area contributed by atoms with Crippen LogP contribution in [0.15, 0.2) is 24.5 Å². The Morgan fingerprint density at radius 2 is 2.35 bits per heavy atom. The minimum Gasteiger partial charge on any atom is -0.384 e. The Labute approximate surface area is 102 Å². The highest BCUT2D eigenvalue weighted by molar-refractivity contribution is 6.29. The summed E-state index contributed by atoms with van der Waals surface area (Å²) in [5, 5.41) is 2.87. The summed E-state index contributed by atoms with van der Waals surface area (Å²) in [5.74, 6) is 0.601. The first-order valence-electron chi connectivity index (χ1n) is 4.84. The average molecular weight is 252 g/mol. The molecule has 0 aliphatic rings. The van der Waals surface area contributed by atoms with Crippen molar-refractivity contribution in [1.82, 2.24) is 20.3 Å². The maximum Gasteiger partial charge on any atom is 0.251 e. The van der Waals surface area contributed by atoms with Gasteiger partial charge in [0.25, 0.3) is 5.91 Å². The van der Waals surface area contributed by atoms with Crippen molar-refractivity contribution >= 4 is 23.3 Å². The molecule has 0 spiro atoms. The van der Waals surface area contributed by atoms with E-state index in [1.807, 2.05) is 0 Å². The van der Waals surface area contributed by atoms with E-state index in [1.54, 1.807) is 12.4 Å². The number of aromatic amines is 1. The third-order valence-electron chi connectivity index (χ3n) is 2.05. The molecule has 0 saturated carbocycles. The van der Waals surface area contributed by atoms with Crippen LogP contribution in [0.2, 0.25) is 5.15 Å². The molecule has 6 nitrogen and oxygen atoms in total. The lowest BCUT2D eigenvalue weighted by Crippen LogP contribution is -2.23. The van der Waals surface area contributed by atoms with Gasteiger partial charge in [-0.3, -0.25) is 4.79 Å². The van der Waals surface area contributed by atoms with E-state index in [4.69, 9.17) is 17.3 Å². The molecule has 0 aliphatic carbocycles. The number of hydrogen-bond donors (Lipinski definition) is 3. The van der Waals surface area contributed by atoms with Crippen molar-refractivity contribution in [1.29, 1.82) is 0 Å². The van der Waals surface area contributed by atoms with Gasteiger partial charge in [-0.05, 0) is 12.1 Å². The number of amides is 1. The van der Waals surface area contributed by atoms with E-state index >= 15 is 0 Å². The van der Waals surface area contributed by atoms with E-state index in [-0.39, 0.29) is 16.9 Å². The molecule has 2 aromatic rings.